The molecule has 0 amide bonds. The summed E-state index contributed by atoms with van der Waals surface area (Å²) >= 11 is 0.991. The van der Waals surface area contributed by atoms with Crippen molar-refractivity contribution in [2.24, 2.45) is 0 Å². The van der Waals surface area contributed by atoms with Gasteiger partial charge in [0.1, 0.15) is 16.4 Å². The highest BCUT2D eigenvalue weighted by atomic mass is 32.1. The first-order valence-corrected chi connectivity index (χ1v) is 6.52. The zero-order valence-electron chi connectivity index (χ0n) is 10.8. The summed E-state index contributed by atoms with van der Waals surface area (Å²) in [6, 6.07) is 4.16. The molecule has 100 valence electrons. The van der Waals surface area contributed by atoms with Gasteiger partial charge >= 0.3 is 0 Å². The number of halogens is 1. The third-order valence-electron chi connectivity index (χ3n) is 2.69. The molecule has 1 aromatic heterocycles. The number of nitrogens with zero attached hydrogens (tertiary/aromatic N) is 2. The number of carbonyl (C=O) groups is 1. The molecule has 2 rings (SSSR count). The summed E-state index contributed by atoms with van der Waals surface area (Å²) in [5.74, 6) is -0.550. The van der Waals surface area contributed by atoms with Crippen LogP contribution >= 0.6 is 11.5 Å². The minimum Gasteiger partial charge on any atom is -0.497 e. The molecule has 0 spiro atoms. The lowest BCUT2D eigenvalue weighted by Crippen LogP contribution is -2.06. The van der Waals surface area contributed by atoms with Crippen LogP contribution in [0.1, 0.15) is 40.7 Å². The van der Waals surface area contributed by atoms with Crippen LogP contribution in [0.2, 0.25) is 0 Å². The van der Waals surface area contributed by atoms with E-state index >= 15 is 0 Å². The van der Waals surface area contributed by atoms with Crippen LogP contribution in [0, 0.1) is 5.82 Å². The summed E-state index contributed by atoms with van der Waals surface area (Å²) in [6.45, 7) is 3.83. The van der Waals surface area contributed by atoms with Gasteiger partial charge in [-0.1, -0.05) is 18.3 Å². The number of ether oxygens (including phenoxy) is 1. The zero-order chi connectivity index (χ0) is 14.0. The van der Waals surface area contributed by atoms with Crippen LogP contribution in [0.4, 0.5) is 4.39 Å². The fourth-order valence-electron chi connectivity index (χ4n) is 1.66. The minimum absolute atomic E-state index is 0.00810. The monoisotopic (exact) mass is 280 g/mol. The minimum atomic E-state index is -0.604. The number of hydrogen-bond donors (Lipinski definition) is 0. The van der Waals surface area contributed by atoms with E-state index in [9.17, 15) is 9.18 Å². The van der Waals surface area contributed by atoms with E-state index in [0.717, 1.165) is 11.5 Å². The quantitative estimate of drug-likeness (QED) is 0.808. The second-order valence-electron chi connectivity index (χ2n) is 4.32. The molecule has 0 saturated heterocycles. The fourth-order valence-corrected chi connectivity index (χ4v) is 2.44. The maximum absolute atomic E-state index is 13.9. The first kappa shape index (κ1) is 13.6. The Morgan fingerprint density at radius 2 is 2.16 bits per heavy atom. The number of aromatic nitrogens is 2. The highest BCUT2D eigenvalue weighted by molar-refractivity contribution is 7.08. The van der Waals surface area contributed by atoms with Crippen LogP contribution in [-0.2, 0) is 0 Å². The van der Waals surface area contributed by atoms with E-state index in [0.29, 0.717) is 16.3 Å². The molecule has 0 aliphatic heterocycles. The van der Waals surface area contributed by atoms with Gasteiger partial charge in [0.25, 0.3) is 0 Å². The Morgan fingerprint density at radius 1 is 1.42 bits per heavy atom. The number of carbonyl (C=O) groups excluding carboxylic acids is 1. The Balaban J connectivity index is 2.42. The number of hydrogen-bond acceptors (Lipinski definition) is 5. The maximum atomic E-state index is 13.9. The molecule has 2 aromatic rings. The summed E-state index contributed by atoms with van der Waals surface area (Å²) < 4.78 is 22.6. The molecule has 1 heterocycles. The van der Waals surface area contributed by atoms with Crippen molar-refractivity contribution in [3.63, 3.8) is 0 Å². The van der Waals surface area contributed by atoms with Gasteiger partial charge in [-0.15, -0.1) is 5.10 Å². The van der Waals surface area contributed by atoms with E-state index in [1.165, 1.54) is 19.2 Å². The fraction of sp³-hybridized carbons (Fsp3) is 0.308. The maximum Gasteiger partial charge on any atom is 0.209 e. The number of ketones is 1. The third kappa shape index (κ3) is 2.63. The molecule has 4 nitrogen and oxygen atoms in total. The first-order chi connectivity index (χ1) is 9.04. The van der Waals surface area contributed by atoms with Gasteiger partial charge in [0.05, 0.1) is 18.4 Å². The van der Waals surface area contributed by atoms with E-state index in [1.54, 1.807) is 6.07 Å². The Morgan fingerprint density at radius 3 is 2.74 bits per heavy atom. The van der Waals surface area contributed by atoms with Gasteiger partial charge in [0.2, 0.25) is 5.78 Å². The molecule has 6 heteroatoms. The standard InChI is InChI=1S/C13H13FN2O2S/c1-7(2)11-13(19-16-15-11)12(17)9-5-4-8(18-3)6-10(9)14/h4-7H,1-3H3. The van der Waals surface area contributed by atoms with Crippen LogP contribution in [0.15, 0.2) is 18.2 Å². The second-order valence-corrected chi connectivity index (χ2v) is 5.07. The van der Waals surface area contributed by atoms with E-state index < -0.39 is 5.82 Å². The lowest BCUT2D eigenvalue weighted by Gasteiger charge is -2.06. The van der Waals surface area contributed by atoms with Gasteiger partial charge in [-0.3, -0.25) is 4.79 Å². The van der Waals surface area contributed by atoms with Crippen molar-refractivity contribution in [1.29, 1.82) is 0 Å². The molecule has 0 bridgehead atoms. The van der Waals surface area contributed by atoms with Crippen molar-refractivity contribution < 1.29 is 13.9 Å². The molecule has 0 atom stereocenters. The third-order valence-corrected chi connectivity index (χ3v) is 3.43. The van der Waals surface area contributed by atoms with E-state index in [1.807, 2.05) is 13.8 Å². The van der Waals surface area contributed by atoms with Gasteiger partial charge in [-0.2, -0.15) is 0 Å². The predicted octanol–water partition coefficient (Wildman–Crippen LogP) is 3.04. The lowest BCUT2D eigenvalue weighted by atomic mass is 10.0. The first-order valence-electron chi connectivity index (χ1n) is 5.75. The molecule has 0 N–H and O–H groups in total. The average molecular weight is 280 g/mol. The molecule has 0 fully saturated rings. The van der Waals surface area contributed by atoms with E-state index in [-0.39, 0.29) is 17.3 Å². The smallest absolute Gasteiger partial charge is 0.209 e. The highest BCUT2D eigenvalue weighted by Gasteiger charge is 2.22. The lowest BCUT2D eigenvalue weighted by molar-refractivity contribution is 0.103. The Hall–Kier alpha value is -1.82. The molecule has 0 unspecified atom stereocenters. The molecule has 0 saturated carbocycles. The van der Waals surface area contributed by atoms with E-state index in [4.69, 9.17) is 4.74 Å². The Labute approximate surface area is 114 Å². The van der Waals surface area contributed by atoms with Crippen molar-refractivity contribution in [2.75, 3.05) is 7.11 Å². The van der Waals surface area contributed by atoms with E-state index in [2.05, 4.69) is 9.59 Å². The molecule has 19 heavy (non-hydrogen) atoms. The number of methoxy groups -OCH3 is 1. The topological polar surface area (TPSA) is 52.1 Å². The average Bonchev–Trinajstić information content (AvgIpc) is 2.87. The summed E-state index contributed by atoms with van der Waals surface area (Å²) in [7, 11) is 1.44. The van der Waals surface area contributed by atoms with Crippen LogP contribution in [0.3, 0.4) is 0 Å². The molecule has 0 radical (unpaired) electrons. The summed E-state index contributed by atoms with van der Waals surface area (Å²) in [5.41, 5.74) is 0.610. The van der Waals surface area contributed by atoms with Gasteiger partial charge in [0, 0.05) is 6.07 Å². The zero-order valence-corrected chi connectivity index (χ0v) is 11.6. The predicted molar refractivity (Wildman–Crippen MR) is 70.4 cm³/mol. The van der Waals surface area contributed by atoms with Crippen molar-refractivity contribution in [3.8, 4) is 5.75 Å². The summed E-state index contributed by atoms with van der Waals surface area (Å²) in [5, 5.41) is 3.93. The van der Waals surface area contributed by atoms with Crippen LogP contribution in [-0.4, -0.2) is 22.5 Å². The largest absolute Gasteiger partial charge is 0.497 e. The molecular weight excluding hydrogens is 267 g/mol. The number of benzene rings is 1. The number of rotatable bonds is 4. The highest BCUT2D eigenvalue weighted by Crippen LogP contribution is 2.25. The van der Waals surface area contributed by atoms with Gasteiger partial charge in [-0.25, -0.2) is 4.39 Å². The Bertz CT molecular complexity index is 610. The van der Waals surface area contributed by atoms with Crippen molar-refractivity contribution in [1.82, 2.24) is 9.59 Å². The molecule has 1 aromatic carbocycles. The normalized spacial score (nSPS) is 10.8. The van der Waals surface area contributed by atoms with Crippen molar-refractivity contribution >= 4 is 17.3 Å². The second kappa shape index (κ2) is 5.44. The van der Waals surface area contributed by atoms with Crippen molar-refractivity contribution in [3.05, 3.63) is 40.2 Å². The van der Waals surface area contributed by atoms with Crippen LogP contribution < -0.4 is 4.74 Å². The summed E-state index contributed by atoms with van der Waals surface area (Å²) in [6.07, 6.45) is 0. The molecular formula is C13H13FN2O2S. The molecule has 0 aliphatic carbocycles. The van der Waals surface area contributed by atoms with Gasteiger partial charge < -0.3 is 4.74 Å². The van der Waals surface area contributed by atoms with Crippen LogP contribution in [0.5, 0.6) is 5.75 Å². The molecule has 0 aliphatic rings. The van der Waals surface area contributed by atoms with Crippen molar-refractivity contribution in [2.45, 2.75) is 19.8 Å². The van der Waals surface area contributed by atoms with Crippen LogP contribution in [0.25, 0.3) is 0 Å². The van der Waals surface area contributed by atoms with Gasteiger partial charge in [0.15, 0.2) is 0 Å². The SMILES string of the molecule is COc1ccc(C(=O)c2snnc2C(C)C)c(F)c1. The Kier molecular flexibility index (Phi) is 3.90. The van der Waals surface area contributed by atoms with Gasteiger partial charge in [-0.05, 0) is 29.6 Å². The summed E-state index contributed by atoms with van der Waals surface area (Å²) in [4.78, 5) is 12.7.